The Morgan fingerprint density at radius 1 is 0.619 bits per heavy atom. The minimum Gasteiger partial charge on any atom is -0.339 e. The van der Waals surface area contributed by atoms with Crippen LogP contribution in [0.15, 0.2) is 60.7 Å². The molecule has 0 aliphatic carbocycles. The fourth-order valence-corrected chi connectivity index (χ4v) is 2.45. The molecule has 0 aliphatic rings. The summed E-state index contributed by atoms with van der Waals surface area (Å²) in [6.45, 7) is 8.13. The smallest absolute Gasteiger partial charge is 0.222 e. The van der Waals surface area contributed by atoms with Gasteiger partial charge in [-0.1, -0.05) is 60.7 Å². The molecule has 2 rings (SSSR count). The molecule has 0 aliphatic heterocycles. The van der Waals surface area contributed by atoms with Crippen LogP contribution in [-0.4, -0.2) is 12.2 Å². The van der Waals surface area contributed by atoms with Gasteiger partial charge in [-0.25, -0.2) is 0 Å². The van der Waals surface area contributed by atoms with Gasteiger partial charge in [0.15, 0.2) is 0 Å². The first-order valence-corrected chi connectivity index (χ1v) is 7.51. The molecule has 0 radical (unpaired) electrons. The van der Waals surface area contributed by atoms with Crippen molar-refractivity contribution in [2.75, 3.05) is 0 Å². The maximum absolute atomic E-state index is 6.30. The van der Waals surface area contributed by atoms with Crippen molar-refractivity contribution in [1.29, 1.82) is 0 Å². The van der Waals surface area contributed by atoms with Crippen molar-refractivity contribution >= 4 is 0 Å². The lowest BCUT2D eigenvalue weighted by Gasteiger charge is -2.37. The summed E-state index contributed by atoms with van der Waals surface area (Å²) in [6, 6.07) is 20.3. The summed E-state index contributed by atoms with van der Waals surface area (Å²) in [7, 11) is 0. The highest BCUT2D eigenvalue weighted by atomic mass is 16.7. The quantitative estimate of drug-likeness (QED) is 0.713. The zero-order valence-corrected chi connectivity index (χ0v) is 13.2. The largest absolute Gasteiger partial charge is 0.339 e. The van der Waals surface area contributed by atoms with Crippen LogP contribution < -0.4 is 0 Å². The lowest BCUT2D eigenvalue weighted by atomic mass is 9.96. The number of ether oxygens (including phenoxy) is 2. The predicted octanol–water partition coefficient (Wildman–Crippen LogP) is 4.74. The van der Waals surface area contributed by atoms with Crippen molar-refractivity contribution in [3.63, 3.8) is 0 Å². The Morgan fingerprint density at radius 2 is 0.952 bits per heavy atom. The third-order valence-electron chi connectivity index (χ3n) is 3.11. The van der Waals surface area contributed by atoms with Crippen molar-refractivity contribution < 1.29 is 9.47 Å². The third-order valence-corrected chi connectivity index (χ3v) is 3.11. The van der Waals surface area contributed by atoms with E-state index in [-0.39, 0.29) is 12.2 Å². The Kier molecular flexibility index (Phi) is 5.16. The van der Waals surface area contributed by atoms with Crippen LogP contribution in [-0.2, 0) is 15.3 Å². The van der Waals surface area contributed by atoms with Crippen molar-refractivity contribution in [3.8, 4) is 0 Å². The predicted molar refractivity (Wildman–Crippen MR) is 86.1 cm³/mol. The SMILES string of the molecule is CC(C)OC(OC(C)C)(c1ccccc1)c1ccccc1. The van der Waals surface area contributed by atoms with Crippen LogP contribution in [0.2, 0.25) is 0 Å². The van der Waals surface area contributed by atoms with Gasteiger partial charge in [-0.05, 0) is 27.7 Å². The highest BCUT2D eigenvalue weighted by Gasteiger charge is 2.38. The summed E-state index contributed by atoms with van der Waals surface area (Å²) >= 11 is 0. The summed E-state index contributed by atoms with van der Waals surface area (Å²) in [6.07, 6.45) is 0.0910. The van der Waals surface area contributed by atoms with E-state index in [0.29, 0.717) is 0 Å². The molecule has 21 heavy (non-hydrogen) atoms. The van der Waals surface area contributed by atoms with Crippen molar-refractivity contribution in [3.05, 3.63) is 71.8 Å². The molecule has 0 bridgehead atoms. The molecule has 0 aromatic heterocycles. The maximum Gasteiger partial charge on any atom is 0.222 e. The highest BCUT2D eigenvalue weighted by molar-refractivity contribution is 5.34. The fraction of sp³-hybridized carbons (Fsp3) is 0.368. The first-order valence-electron chi connectivity index (χ1n) is 7.51. The molecule has 2 aromatic rings. The van der Waals surface area contributed by atoms with Crippen LogP contribution in [0.1, 0.15) is 38.8 Å². The third kappa shape index (κ3) is 3.72. The van der Waals surface area contributed by atoms with E-state index < -0.39 is 5.79 Å². The van der Waals surface area contributed by atoms with Crippen LogP contribution in [0.5, 0.6) is 0 Å². The minimum atomic E-state index is -0.870. The topological polar surface area (TPSA) is 18.5 Å². The summed E-state index contributed by atoms with van der Waals surface area (Å²) in [4.78, 5) is 0. The van der Waals surface area contributed by atoms with Gasteiger partial charge in [-0.2, -0.15) is 0 Å². The molecule has 0 fully saturated rings. The molecule has 112 valence electrons. The van der Waals surface area contributed by atoms with Gasteiger partial charge in [0.05, 0.1) is 12.2 Å². The van der Waals surface area contributed by atoms with E-state index in [1.807, 2.05) is 64.1 Å². The Bertz CT molecular complexity index is 481. The monoisotopic (exact) mass is 284 g/mol. The van der Waals surface area contributed by atoms with Crippen molar-refractivity contribution in [2.24, 2.45) is 0 Å². The van der Waals surface area contributed by atoms with Gasteiger partial charge in [0.1, 0.15) is 0 Å². The number of benzene rings is 2. The molecule has 0 saturated heterocycles. The molecule has 2 heteroatoms. The Hall–Kier alpha value is -1.64. The molecule has 0 saturated carbocycles. The van der Waals surface area contributed by atoms with Gasteiger partial charge >= 0.3 is 0 Å². The van der Waals surface area contributed by atoms with Gasteiger partial charge in [-0.15, -0.1) is 0 Å². The van der Waals surface area contributed by atoms with Crippen LogP contribution in [0.4, 0.5) is 0 Å². The van der Waals surface area contributed by atoms with Crippen LogP contribution >= 0.6 is 0 Å². The second kappa shape index (κ2) is 6.88. The Labute approximate surface area is 127 Å². The van der Waals surface area contributed by atoms with Gasteiger partial charge in [0.25, 0.3) is 0 Å². The van der Waals surface area contributed by atoms with E-state index in [1.54, 1.807) is 0 Å². The van der Waals surface area contributed by atoms with Gasteiger partial charge < -0.3 is 9.47 Å². The van der Waals surface area contributed by atoms with Gasteiger partial charge in [0.2, 0.25) is 5.79 Å². The van der Waals surface area contributed by atoms with E-state index in [2.05, 4.69) is 24.3 Å². The molecule has 0 amide bonds. The summed E-state index contributed by atoms with van der Waals surface area (Å²) in [5, 5.41) is 0. The Balaban J connectivity index is 2.59. The van der Waals surface area contributed by atoms with Crippen LogP contribution in [0.25, 0.3) is 0 Å². The van der Waals surface area contributed by atoms with Crippen LogP contribution in [0, 0.1) is 0 Å². The highest BCUT2D eigenvalue weighted by Crippen LogP contribution is 2.37. The molecule has 0 N–H and O–H groups in total. The zero-order valence-electron chi connectivity index (χ0n) is 13.2. The molecule has 0 spiro atoms. The van der Waals surface area contributed by atoms with E-state index in [4.69, 9.17) is 9.47 Å². The number of rotatable bonds is 6. The second-order valence-corrected chi connectivity index (χ2v) is 5.68. The first-order chi connectivity index (χ1) is 10.0. The van der Waals surface area contributed by atoms with Gasteiger partial charge in [-0.3, -0.25) is 0 Å². The summed E-state index contributed by atoms with van der Waals surface area (Å²) < 4.78 is 12.6. The average molecular weight is 284 g/mol. The maximum atomic E-state index is 6.30. The molecule has 0 atom stereocenters. The van der Waals surface area contributed by atoms with E-state index >= 15 is 0 Å². The van der Waals surface area contributed by atoms with E-state index in [0.717, 1.165) is 11.1 Å². The fourth-order valence-electron chi connectivity index (χ4n) is 2.45. The lowest BCUT2D eigenvalue weighted by Crippen LogP contribution is -2.39. The molecule has 0 heterocycles. The molecule has 2 nitrogen and oxygen atoms in total. The number of hydrogen-bond donors (Lipinski definition) is 0. The second-order valence-electron chi connectivity index (χ2n) is 5.68. The lowest BCUT2D eigenvalue weighted by molar-refractivity contribution is -0.251. The van der Waals surface area contributed by atoms with E-state index in [9.17, 15) is 0 Å². The first kappa shape index (κ1) is 15.7. The Morgan fingerprint density at radius 3 is 1.24 bits per heavy atom. The van der Waals surface area contributed by atoms with Crippen molar-refractivity contribution in [2.45, 2.75) is 45.7 Å². The minimum absolute atomic E-state index is 0.0455. The molecular formula is C19H24O2. The van der Waals surface area contributed by atoms with Crippen molar-refractivity contribution in [1.82, 2.24) is 0 Å². The van der Waals surface area contributed by atoms with Crippen LogP contribution in [0.3, 0.4) is 0 Å². The molecule has 0 unspecified atom stereocenters. The normalized spacial score (nSPS) is 12.1. The standard InChI is InChI=1S/C19H24O2/c1-15(2)20-19(21-16(3)4,17-11-7-5-8-12-17)18-13-9-6-10-14-18/h5-16H,1-4H3. The summed E-state index contributed by atoms with van der Waals surface area (Å²) in [5.74, 6) is -0.870. The molecule has 2 aromatic carbocycles. The summed E-state index contributed by atoms with van der Waals surface area (Å²) in [5.41, 5.74) is 2.03. The number of hydrogen-bond acceptors (Lipinski definition) is 2. The zero-order chi connectivity index (χ0) is 15.3. The molecular weight excluding hydrogens is 260 g/mol. The average Bonchev–Trinajstić information content (AvgIpc) is 2.47. The van der Waals surface area contributed by atoms with E-state index in [1.165, 1.54) is 0 Å². The van der Waals surface area contributed by atoms with Gasteiger partial charge in [0, 0.05) is 11.1 Å².